The Morgan fingerprint density at radius 2 is 1.86 bits per heavy atom. The van der Waals surface area contributed by atoms with Crippen LogP contribution in [-0.2, 0) is 19.2 Å². The van der Waals surface area contributed by atoms with Crippen molar-refractivity contribution in [1.82, 2.24) is 20.9 Å². The quantitative estimate of drug-likeness (QED) is 0.412. The molecule has 4 fully saturated rings. The van der Waals surface area contributed by atoms with E-state index >= 15 is 0 Å². The smallest absolute Gasteiger partial charge is 0.335 e. The SMILES string of the molecule is CC(C)(C)[C@H](NC(=O)C(F)(Cl)Cl)C(=O)N1C[C@@H]2[C@@H]3CC[C@@H](C3)[C@@H]2[C@H]1C(=O)N[C@H](C#N)C[C@@H]1CCNC1=O. The molecule has 204 valence electrons. The zero-order valence-corrected chi connectivity index (χ0v) is 22.7. The molecule has 2 heterocycles. The van der Waals surface area contributed by atoms with Crippen LogP contribution in [0.5, 0.6) is 0 Å². The zero-order chi connectivity index (χ0) is 27.3. The van der Waals surface area contributed by atoms with Crippen molar-refractivity contribution in [3.63, 3.8) is 0 Å². The van der Waals surface area contributed by atoms with Crippen LogP contribution in [0.4, 0.5) is 4.39 Å². The average molecular weight is 558 g/mol. The van der Waals surface area contributed by atoms with Gasteiger partial charge in [0, 0.05) is 19.0 Å². The summed E-state index contributed by atoms with van der Waals surface area (Å²) in [5.41, 5.74) is -0.839. The van der Waals surface area contributed by atoms with Gasteiger partial charge >= 0.3 is 4.59 Å². The van der Waals surface area contributed by atoms with Crippen molar-refractivity contribution in [2.75, 3.05) is 13.1 Å². The Hall–Kier alpha value is -2.12. The molecule has 2 saturated heterocycles. The lowest BCUT2D eigenvalue weighted by Crippen LogP contribution is -2.60. The highest BCUT2D eigenvalue weighted by molar-refractivity contribution is 6.56. The Balaban J connectivity index is 1.58. The number of hydrogen-bond donors (Lipinski definition) is 3. The Morgan fingerprint density at radius 3 is 2.43 bits per heavy atom. The maximum absolute atomic E-state index is 13.9. The first-order valence-electron chi connectivity index (χ1n) is 12.9. The van der Waals surface area contributed by atoms with Crippen molar-refractivity contribution in [2.24, 2.45) is 35.0 Å². The summed E-state index contributed by atoms with van der Waals surface area (Å²) in [5, 5.41) is 17.6. The average Bonchev–Trinajstić information content (AvgIpc) is 3.57. The van der Waals surface area contributed by atoms with Gasteiger partial charge in [0.2, 0.25) is 17.7 Å². The Bertz CT molecular complexity index is 1010. The molecule has 2 aliphatic heterocycles. The number of nitrogens with zero attached hydrogens (tertiary/aromatic N) is 2. The number of nitriles is 1. The maximum atomic E-state index is 13.9. The molecule has 9 nitrogen and oxygen atoms in total. The monoisotopic (exact) mass is 557 g/mol. The lowest BCUT2D eigenvalue weighted by atomic mass is 9.78. The maximum Gasteiger partial charge on any atom is 0.335 e. The highest BCUT2D eigenvalue weighted by atomic mass is 35.5. The zero-order valence-electron chi connectivity index (χ0n) is 21.2. The molecule has 4 rings (SSSR count). The van der Waals surface area contributed by atoms with Gasteiger partial charge in [0.25, 0.3) is 5.91 Å². The minimum absolute atomic E-state index is 0.0607. The number of halogens is 3. The topological polar surface area (TPSA) is 131 Å². The molecule has 12 heteroatoms. The second-order valence-corrected chi connectivity index (χ2v) is 13.2. The molecule has 4 amide bonds. The van der Waals surface area contributed by atoms with Crippen LogP contribution in [0.2, 0.25) is 0 Å². The van der Waals surface area contributed by atoms with E-state index in [1.165, 1.54) is 4.90 Å². The predicted molar refractivity (Wildman–Crippen MR) is 134 cm³/mol. The summed E-state index contributed by atoms with van der Waals surface area (Å²) in [6.07, 6.45) is 3.82. The Morgan fingerprint density at radius 1 is 1.19 bits per heavy atom. The fraction of sp³-hybridized carbons (Fsp3) is 0.800. The van der Waals surface area contributed by atoms with E-state index < -0.39 is 45.8 Å². The van der Waals surface area contributed by atoms with E-state index in [9.17, 15) is 28.8 Å². The van der Waals surface area contributed by atoms with Gasteiger partial charge in [0.1, 0.15) is 18.1 Å². The molecular formula is C25H34Cl2FN5O4. The van der Waals surface area contributed by atoms with Gasteiger partial charge in [-0.15, -0.1) is 0 Å². The van der Waals surface area contributed by atoms with Gasteiger partial charge in [-0.3, -0.25) is 19.2 Å². The summed E-state index contributed by atoms with van der Waals surface area (Å²) in [5.74, 6) is -2.01. The largest absolute Gasteiger partial charge is 0.356 e. The van der Waals surface area contributed by atoms with Crippen molar-refractivity contribution in [2.45, 2.75) is 75.6 Å². The van der Waals surface area contributed by atoms with Crippen LogP contribution in [0.1, 0.15) is 52.9 Å². The third-order valence-corrected chi connectivity index (χ3v) is 8.96. The first-order chi connectivity index (χ1) is 17.2. The molecule has 0 radical (unpaired) electrons. The molecule has 0 unspecified atom stereocenters. The van der Waals surface area contributed by atoms with Crippen molar-refractivity contribution < 1.29 is 23.6 Å². The third kappa shape index (κ3) is 5.53. The summed E-state index contributed by atoms with van der Waals surface area (Å²) >= 11 is 10.7. The molecule has 8 atom stereocenters. The van der Waals surface area contributed by atoms with Gasteiger partial charge in [0.15, 0.2) is 0 Å². The van der Waals surface area contributed by atoms with E-state index in [2.05, 4.69) is 22.0 Å². The number of nitrogens with one attached hydrogen (secondary N) is 3. The normalized spacial score (nSPS) is 32.4. The second kappa shape index (κ2) is 10.2. The summed E-state index contributed by atoms with van der Waals surface area (Å²) in [4.78, 5) is 53.4. The van der Waals surface area contributed by atoms with Gasteiger partial charge in [-0.05, 0) is 61.2 Å². The van der Waals surface area contributed by atoms with Crippen molar-refractivity contribution in [3.8, 4) is 6.07 Å². The lowest BCUT2D eigenvalue weighted by Gasteiger charge is -2.37. The van der Waals surface area contributed by atoms with Gasteiger partial charge in [-0.25, -0.2) is 0 Å². The Kier molecular flexibility index (Phi) is 7.70. The minimum Gasteiger partial charge on any atom is -0.356 e. The van der Waals surface area contributed by atoms with Gasteiger partial charge < -0.3 is 20.9 Å². The van der Waals surface area contributed by atoms with Crippen LogP contribution in [-0.4, -0.2) is 64.3 Å². The summed E-state index contributed by atoms with van der Waals surface area (Å²) < 4.78 is 10.7. The number of fused-ring (bicyclic) bond motifs is 5. The highest BCUT2D eigenvalue weighted by Gasteiger charge is 2.60. The molecule has 0 aromatic rings. The fourth-order valence-electron chi connectivity index (χ4n) is 6.89. The summed E-state index contributed by atoms with van der Waals surface area (Å²) in [6.45, 7) is 6.03. The number of rotatable bonds is 7. The van der Waals surface area contributed by atoms with E-state index in [0.29, 0.717) is 25.4 Å². The number of likely N-dealkylation sites (tertiary alicyclic amines) is 1. The van der Waals surface area contributed by atoms with Crippen LogP contribution in [0.15, 0.2) is 0 Å². The first-order valence-corrected chi connectivity index (χ1v) is 13.6. The molecule has 0 aromatic heterocycles. The predicted octanol–water partition coefficient (Wildman–Crippen LogP) is 2.03. The van der Waals surface area contributed by atoms with Crippen LogP contribution in [0, 0.1) is 46.3 Å². The van der Waals surface area contributed by atoms with Gasteiger partial charge in [0.05, 0.1) is 6.07 Å². The van der Waals surface area contributed by atoms with Crippen molar-refractivity contribution in [3.05, 3.63) is 0 Å². The van der Waals surface area contributed by atoms with Crippen LogP contribution >= 0.6 is 23.2 Å². The molecule has 2 saturated carbocycles. The summed E-state index contributed by atoms with van der Waals surface area (Å²) in [7, 11) is 0. The van der Waals surface area contributed by atoms with E-state index in [-0.39, 0.29) is 36.0 Å². The number of carbonyl (C=O) groups is 4. The third-order valence-electron chi connectivity index (χ3n) is 8.62. The highest BCUT2D eigenvalue weighted by Crippen LogP contribution is 2.57. The van der Waals surface area contributed by atoms with Gasteiger partial charge in [-0.2, -0.15) is 9.65 Å². The number of amides is 4. The number of hydrogen-bond acceptors (Lipinski definition) is 5. The van der Waals surface area contributed by atoms with Crippen molar-refractivity contribution >= 4 is 46.8 Å². The molecule has 4 aliphatic rings. The molecule has 0 aromatic carbocycles. The molecule has 0 spiro atoms. The molecule has 2 bridgehead atoms. The number of carbonyl (C=O) groups excluding carboxylic acids is 4. The standard InChI is InChI=1S/C25H34Cl2FN5O4/c1-24(2,3)19(32-23(37)25(26,27)28)22(36)33-11-16-12-4-5-13(8-12)17(16)18(33)21(35)31-15(10-29)9-14-6-7-30-20(14)34/h12-19H,4-9,11H2,1-3H3,(H,30,34)(H,31,35)(H,32,37)/t12-,13+,14+,15+,16-,17+,18+,19-/m1/s1. The Labute approximate surface area is 226 Å². The second-order valence-electron chi connectivity index (χ2n) is 12.0. The first kappa shape index (κ1) is 27.9. The van der Waals surface area contributed by atoms with Crippen LogP contribution in [0.25, 0.3) is 0 Å². The lowest BCUT2D eigenvalue weighted by molar-refractivity contribution is -0.145. The number of alkyl halides is 3. The summed E-state index contributed by atoms with van der Waals surface area (Å²) in [6, 6.07) is -0.808. The van der Waals surface area contributed by atoms with E-state index in [1.807, 2.05) is 0 Å². The molecule has 2 aliphatic carbocycles. The molecular weight excluding hydrogens is 524 g/mol. The minimum atomic E-state index is -3.21. The fourth-order valence-corrected chi connectivity index (χ4v) is 7.00. The van der Waals surface area contributed by atoms with Crippen LogP contribution in [0.3, 0.4) is 0 Å². The van der Waals surface area contributed by atoms with Crippen molar-refractivity contribution in [1.29, 1.82) is 5.26 Å². The van der Waals surface area contributed by atoms with Crippen LogP contribution < -0.4 is 16.0 Å². The van der Waals surface area contributed by atoms with E-state index in [0.717, 1.165) is 19.3 Å². The molecule has 37 heavy (non-hydrogen) atoms. The molecule has 3 N–H and O–H groups in total. The van der Waals surface area contributed by atoms with E-state index in [1.54, 1.807) is 20.8 Å². The van der Waals surface area contributed by atoms with Gasteiger partial charge in [-0.1, -0.05) is 44.0 Å². The van der Waals surface area contributed by atoms with E-state index in [4.69, 9.17) is 23.2 Å².